The van der Waals surface area contributed by atoms with E-state index in [0.717, 1.165) is 11.6 Å². The summed E-state index contributed by atoms with van der Waals surface area (Å²) in [6.07, 6.45) is 0. The molecule has 2 rings (SSSR count). The Morgan fingerprint density at radius 2 is 1.79 bits per heavy atom. The van der Waals surface area contributed by atoms with Gasteiger partial charge in [-0.3, -0.25) is 19.7 Å². The second kappa shape index (κ2) is 9.26. The molecule has 9 heteroatoms. The van der Waals surface area contributed by atoms with Crippen LogP contribution in [0.3, 0.4) is 0 Å². The van der Waals surface area contributed by atoms with Crippen LogP contribution in [0.15, 0.2) is 42.5 Å². The Balaban J connectivity index is 2.02. The van der Waals surface area contributed by atoms with Crippen LogP contribution in [0.1, 0.15) is 33.2 Å². The van der Waals surface area contributed by atoms with Crippen molar-refractivity contribution in [3.05, 3.63) is 69.3 Å². The lowest BCUT2D eigenvalue weighted by molar-refractivity contribution is -0.384. The zero-order valence-corrected chi connectivity index (χ0v) is 15.3. The summed E-state index contributed by atoms with van der Waals surface area (Å²) in [6, 6.07) is 9.97. The second-order valence-electron chi connectivity index (χ2n) is 5.75. The zero-order valence-electron chi connectivity index (χ0n) is 15.3. The van der Waals surface area contributed by atoms with E-state index in [1.165, 1.54) is 26.2 Å². The summed E-state index contributed by atoms with van der Waals surface area (Å²) in [5.74, 6) is -1.41. The number of hydrogen-bond acceptors (Lipinski definition) is 7. The lowest BCUT2D eigenvalue weighted by Crippen LogP contribution is -2.19. The number of nitrogens with zero attached hydrogens (tertiary/aromatic N) is 1. The van der Waals surface area contributed by atoms with Crippen LogP contribution < -0.4 is 10.1 Å². The van der Waals surface area contributed by atoms with Crippen LogP contribution >= 0.6 is 0 Å². The molecule has 1 amide bonds. The van der Waals surface area contributed by atoms with Crippen molar-refractivity contribution in [3.63, 3.8) is 0 Å². The molecule has 0 aliphatic heterocycles. The van der Waals surface area contributed by atoms with Gasteiger partial charge in [-0.25, -0.2) is 4.79 Å². The molecule has 0 saturated carbocycles. The molecule has 1 N–H and O–H groups in total. The molecule has 0 bridgehead atoms. The average Bonchev–Trinajstić information content (AvgIpc) is 2.69. The third-order valence-corrected chi connectivity index (χ3v) is 3.77. The third kappa shape index (κ3) is 5.37. The number of methoxy groups -OCH3 is 1. The maximum atomic E-state index is 12.2. The van der Waals surface area contributed by atoms with Gasteiger partial charge in [0.15, 0.2) is 12.4 Å². The first-order chi connectivity index (χ1) is 13.3. The number of carbonyl (C=O) groups is 3. The number of benzene rings is 2. The number of hydrogen-bond donors (Lipinski definition) is 1. The molecule has 0 atom stereocenters. The van der Waals surface area contributed by atoms with Crippen LogP contribution in [0.5, 0.6) is 5.75 Å². The fourth-order valence-electron chi connectivity index (χ4n) is 2.30. The van der Waals surface area contributed by atoms with E-state index in [0.29, 0.717) is 12.1 Å². The van der Waals surface area contributed by atoms with E-state index in [1.807, 2.05) is 0 Å². The summed E-state index contributed by atoms with van der Waals surface area (Å²) in [5, 5.41) is 13.5. The van der Waals surface area contributed by atoms with Gasteiger partial charge in [-0.05, 0) is 11.6 Å². The highest BCUT2D eigenvalue weighted by Gasteiger charge is 2.20. The lowest BCUT2D eigenvalue weighted by Gasteiger charge is -2.09. The van der Waals surface area contributed by atoms with E-state index in [4.69, 9.17) is 9.47 Å². The smallest absolute Gasteiger partial charge is 0.342 e. The summed E-state index contributed by atoms with van der Waals surface area (Å²) in [6.45, 7) is 1.21. The quantitative estimate of drug-likeness (QED) is 0.319. The van der Waals surface area contributed by atoms with Crippen molar-refractivity contribution in [1.29, 1.82) is 0 Å². The molecule has 146 valence electrons. The monoisotopic (exact) mass is 386 g/mol. The number of nitrogens with one attached hydrogen (secondary N) is 1. The first-order valence-corrected chi connectivity index (χ1v) is 8.18. The van der Waals surface area contributed by atoms with E-state index in [2.05, 4.69) is 5.32 Å². The van der Waals surface area contributed by atoms with E-state index in [9.17, 15) is 24.5 Å². The summed E-state index contributed by atoms with van der Waals surface area (Å²) in [7, 11) is 1.31. The third-order valence-electron chi connectivity index (χ3n) is 3.77. The molecule has 0 unspecified atom stereocenters. The van der Waals surface area contributed by atoms with Crippen LogP contribution in [0.2, 0.25) is 0 Å². The van der Waals surface area contributed by atoms with Crippen LogP contribution in [-0.4, -0.2) is 36.3 Å². The number of nitro benzene ring substituents is 1. The van der Waals surface area contributed by atoms with Crippen molar-refractivity contribution in [2.75, 3.05) is 13.7 Å². The van der Waals surface area contributed by atoms with Crippen LogP contribution in [0.4, 0.5) is 5.69 Å². The lowest BCUT2D eigenvalue weighted by atomic mass is 10.1. The zero-order chi connectivity index (χ0) is 20.7. The second-order valence-corrected chi connectivity index (χ2v) is 5.75. The van der Waals surface area contributed by atoms with Crippen molar-refractivity contribution >= 4 is 23.3 Å². The van der Waals surface area contributed by atoms with E-state index >= 15 is 0 Å². The predicted octanol–water partition coefficient (Wildman–Crippen LogP) is 2.28. The topological polar surface area (TPSA) is 125 Å². The van der Waals surface area contributed by atoms with Gasteiger partial charge >= 0.3 is 5.97 Å². The number of esters is 1. The molecule has 28 heavy (non-hydrogen) atoms. The molecule has 2 aromatic rings. The summed E-state index contributed by atoms with van der Waals surface area (Å²) in [5.41, 5.74) is 0.694. The normalized spacial score (nSPS) is 10.1. The minimum absolute atomic E-state index is 0.102. The van der Waals surface area contributed by atoms with Gasteiger partial charge in [-0.15, -0.1) is 0 Å². The first-order valence-electron chi connectivity index (χ1n) is 8.18. The van der Waals surface area contributed by atoms with Gasteiger partial charge in [0.1, 0.15) is 11.3 Å². The molecule has 2 aromatic carbocycles. The number of rotatable bonds is 8. The molecular formula is C19H18N2O7. The van der Waals surface area contributed by atoms with Gasteiger partial charge < -0.3 is 14.8 Å². The Bertz CT molecular complexity index is 907. The minimum Gasteiger partial charge on any atom is -0.496 e. The maximum Gasteiger partial charge on any atom is 0.342 e. The number of amides is 1. The van der Waals surface area contributed by atoms with Gasteiger partial charge in [0.2, 0.25) is 5.91 Å². The van der Waals surface area contributed by atoms with Crippen LogP contribution in [0.25, 0.3) is 0 Å². The van der Waals surface area contributed by atoms with Crippen molar-refractivity contribution in [2.24, 2.45) is 0 Å². The fourth-order valence-corrected chi connectivity index (χ4v) is 2.30. The van der Waals surface area contributed by atoms with Gasteiger partial charge in [-0.2, -0.15) is 0 Å². The number of ketones is 1. The van der Waals surface area contributed by atoms with E-state index < -0.39 is 23.3 Å². The highest BCUT2D eigenvalue weighted by atomic mass is 16.6. The van der Waals surface area contributed by atoms with Gasteiger partial charge in [-0.1, -0.05) is 24.3 Å². The van der Waals surface area contributed by atoms with Gasteiger partial charge in [0, 0.05) is 31.2 Å². The summed E-state index contributed by atoms with van der Waals surface area (Å²) in [4.78, 5) is 45.5. The standard InChI is InChI=1S/C19H18N2O7/c1-12(22)20-10-13-3-5-14(6-4-13)17(23)11-28-19(24)16-9-15(21(25)26)7-8-18(16)27-2/h3-9H,10-11H2,1-2H3,(H,20,22). The van der Waals surface area contributed by atoms with Crippen LogP contribution in [-0.2, 0) is 16.1 Å². The Morgan fingerprint density at radius 3 is 2.36 bits per heavy atom. The number of Topliss-reactive ketones (excluding diaryl/α,β-unsaturated/α-hetero) is 1. The highest BCUT2D eigenvalue weighted by Crippen LogP contribution is 2.24. The number of non-ortho nitro benzene ring substituents is 1. The Hall–Kier alpha value is -3.75. The largest absolute Gasteiger partial charge is 0.496 e. The molecule has 0 aromatic heterocycles. The Kier molecular flexibility index (Phi) is 6.80. The Labute approximate surface area is 160 Å². The first kappa shape index (κ1) is 20.6. The van der Waals surface area contributed by atoms with E-state index in [1.54, 1.807) is 24.3 Å². The molecule has 0 heterocycles. The van der Waals surface area contributed by atoms with Crippen LogP contribution in [0, 0.1) is 10.1 Å². The summed E-state index contributed by atoms with van der Waals surface area (Å²) >= 11 is 0. The minimum atomic E-state index is -0.906. The molecule has 9 nitrogen and oxygen atoms in total. The number of nitro groups is 1. The fraction of sp³-hybridized carbons (Fsp3) is 0.211. The SMILES string of the molecule is COc1ccc([N+](=O)[O-])cc1C(=O)OCC(=O)c1ccc(CNC(C)=O)cc1. The average molecular weight is 386 g/mol. The van der Waals surface area contributed by atoms with Crippen molar-refractivity contribution < 1.29 is 28.8 Å². The molecular weight excluding hydrogens is 368 g/mol. The molecule has 0 aliphatic carbocycles. The summed E-state index contributed by atoms with van der Waals surface area (Å²) < 4.78 is 9.99. The Morgan fingerprint density at radius 1 is 1.11 bits per heavy atom. The molecule has 0 aliphatic rings. The van der Waals surface area contributed by atoms with Crippen molar-refractivity contribution in [2.45, 2.75) is 13.5 Å². The molecule has 0 fully saturated rings. The molecule has 0 spiro atoms. The maximum absolute atomic E-state index is 12.2. The number of ether oxygens (including phenoxy) is 2. The molecule has 0 saturated heterocycles. The van der Waals surface area contributed by atoms with Crippen molar-refractivity contribution in [3.8, 4) is 5.75 Å². The van der Waals surface area contributed by atoms with Crippen molar-refractivity contribution in [1.82, 2.24) is 5.32 Å². The number of carbonyl (C=O) groups excluding carboxylic acids is 3. The highest BCUT2D eigenvalue weighted by molar-refractivity contribution is 6.00. The van der Waals surface area contributed by atoms with Gasteiger partial charge in [0.25, 0.3) is 5.69 Å². The van der Waals surface area contributed by atoms with E-state index in [-0.39, 0.29) is 22.9 Å². The van der Waals surface area contributed by atoms with Gasteiger partial charge in [0.05, 0.1) is 12.0 Å². The molecule has 0 radical (unpaired) electrons. The predicted molar refractivity (Wildman–Crippen MR) is 98.2 cm³/mol.